The first-order valence-corrected chi connectivity index (χ1v) is 13.1. The Hall–Kier alpha value is -5.22. The number of nitrogens with two attached hydrogens (primary N) is 1. The van der Waals surface area contributed by atoms with E-state index in [4.69, 9.17) is 10.7 Å². The molecule has 0 saturated carbocycles. The molecular weight excluding hydrogens is 533 g/mol. The van der Waals surface area contributed by atoms with Crippen LogP contribution in [0.5, 0.6) is 0 Å². The Labute approximate surface area is 230 Å². The molecule has 0 radical (unpaired) electrons. The Morgan fingerprint density at radius 3 is 2.95 bits per heavy atom. The summed E-state index contributed by atoms with van der Waals surface area (Å²) in [5, 5.41) is 16.3. The van der Waals surface area contributed by atoms with Gasteiger partial charge in [0.15, 0.2) is 5.82 Å². The van der Waals surface area contributed by atoms with Gasteiger partial charge in [-0.1, -0.05) is 17.9 Å². The molecule has 11 nitrogen and oxygen atoms in total. The molecule has 0 spiro atoms. The standard InChI is InChI=1S/C27H22FN9O2S/c1-15(32-25(38)21-22(29)34-36-10-4-9-30-24(21)36)23-33-26-20(27(39)37(23)19-6-3-5-18(28)11-19)17(14-40-26)8-7-16-12-31-35(2)13-16/h3-6,10-15,30H,9H2,1-2H3,(H2,29,34)(H,32,38). The molecule has 0 aliphatic carbocycles. The van der Waals surface area contributed by atoms with Gasteiger partial charge < -0.3 is 16.4 Å². The number of fused-ring (bicyclic) bond motifs is 2. The number of hydrogen-bond donors (Lipinski definition) is 3. The number of nitrogen functional groups attached to an aromatic ring is 1. The van der Waals surface area contributed by atoms with Crippen molar-refractivity contribution in [1.82, 2.24) is 34.4 Å². The largest absolute Gasteiger partial charge is 0.381 e. The van der Waals surface area contributed by atoms with E-state index in [1.807, 2.05) is 6.08 Å². The van der Waals surface area contributed by atoms with Crippen LogP contribution in [0.1, 0.15) is 40.3 Å². The number of anilines is 2. The fourth-order valence-corrected chi connectivity index (χ4v) is 5.34. The number of thiophene rings is 1. The van der Waals surface area contributed by atoms with Gasteiger partial charge in [0.25, 0.3) is 11.5 Å². The quantitative estimate of drug-likeness (QED) is 0.290. The minimum absolute atomic E-state index is 0.0553. The highest BCUT2D eigenvalue weighted by Gasteiger charge is 2.27. The Balaban J connectivity index is 1.45. The maximum atomic E-state index is 14.3. The van der Waals surface area contributed by atoms with Gasteiger partial charge >= 0.3 is 0 Å². The van der Waals surface area contributed by atoms with Gasteiger partial charge in [0.05, 0.1) is 34.4 Å². The number of carbonyl (C=O) groups is 1. The van der Waals surface area contributed by atoms with E-state index in [-0.39, 0.29) is 22.9 Å². The fraction of sp³-hybridized carbons (Fsp3) is 0.148. The zero-order valence-corrected chi connectivity index (χ0v) is 22.2. The van der Waals surface area contributed by atoms with Gasteiger partial charge in [-0.15, -0.1) is 16.4 Å². The number of aromatic nitrogens is 6. The lowest BCUT2D eigenvalue weighted by molar-refractivity contribution is 0.0939. The third-order valence-electron chi connectivity index (χ3n) is 6.28. The molecule has 0 saturated heterocycles. The second-order valence-electron chi connectivity index (χ2n) is 9.09. The lowest BCUT2D eigenvalue weighted by atomic mass is 10.2. The predicted octanol–water partition coefficient (Wildman–Crippen LogP) is 2.89. The normalized spacial score (nSPS) is 12.9. The first kappa shape index (κ1) is 25.1. The molecule has 40 heavy (non-hydrogen) atoms. The Kier molecular flexibility index (Phi) is 6.16. The summed E-state index contributed by atoms with van der Waals surface area (Å²) < 4.78 is 18.7. The number of carbonyl (C=O) groups excluding carboxylic acids is 1. The summed E-state index contributed by atoms with van der Waals surface area (Å²) in [5.74, 6) is 5.77. The summed E-state index contributed by atoms with van der Waals surface area (Å²) in [4.78, 5) is 32.5. The van der Waals surface area contributed by atoms with Gasteiger partial charge in [0.2, 0.25) is 0 Å². The molecule has 1 atom stereocenters. The minimum Gasteiger partial charge on any atom is -0.381 e. The lowest BCUT2D eigenvalue weighted by Gasteiger charge is -2.19. The molecular formula is C27H22FN9O2S. The molecule has 0 bridgehead atoms. The monoisotopic (exact) mass is 555 g/mol. The number of amides is 1. The van der Waals surface area contributed by atoms with Crippen LogP contribution in [0.25, 0.3) is 22.1 Å². The van der Waals surface area contributed by atoms with Crippen LogP contribution in [0.2, 0.25) is 0 Å². The topological polar surface area (TPSA) is 138 Å². The van der Waals surface area contributed by atoms with Crippen molar-refractivity contribution in [3.63, 3.8) is 0 Å². The molecule has 0 fully saturated rings. The maximum Gasteiger partial charge on any atom is 0.268 e. The first-order valence-electron chi connectivity index (χ1n) is 12.2. The molecule has 4 aromatic heterocycles. The molecule has 200 valence electrons. The maximum absolute atomic E-state index is 14.3. The van der Waals surface area contributed by atoms with Crippen LogP contribution in [0.15, 0.2) is 52.9 Å². The third-order valence-corrected chi connectivity index (χ3v) is 7.15. The van der Waals surface area contributed by atoms with Crippen molar-refractivity contribution in [3.8, 4) is 17.5 Å². The summed E-state index contributed by atoms with van der Waals surface area (Å²) in [6.45, 7) is 2.21. The van der Waals surface area contributed by atoms with Crippen molar-refractivity contribution in [2.75, 3.05) is 17.6 Å². The molecule has 13 heteroatoms. The summed E-state index contributed by atoms with van der Waals surface area (Å²) in [6, 6.07) is 4.86. The van der Waals surface area contributed by atoms with E-state index in [1.165, 1.54) is 38.8 Å². The molecule has 1 aliphatic rings. The Morgan fingerprint density at radius 2 is 2.17 bits per heavy atom. The van der Waals surface area contributed by atoms with Crippen LogP contribution in [-0.2, 0) is 7.05 Å². The van der Waals surface area contributed by atoms with Gasteiger partial charge in [0, 0.05) is 31.4 Å². The van der Waals surface area contributed by atoms with E-state index >= 15 is 0 Å². The van der Waals surface area contributed by atoms with Crippen molar-refractivity contribution < 1.29 is 9.18 Å². The highest BCUT2D eigenvalue weighted by molar-refractivity contribution is 7.17. The van der Waals surface area contributed by atoms with Crippen LogP contribution in [0.3, 0.4) is 0 Å². The van der Waals surface area contributed by atoms with Gasteiger partial charge in [-0.05, 0) is 31.2 Å². The zero-order chi connectivity index (χ0) is 28.0. The molecule has 4 N–H and O–H groups in total. The molecule has 5 heterocycles. The molecule has 5 aromatic rings. The van der Waals surface area contributed by atoms with Crippen LogP contribution in [0.4, 0.5) is 16.0 Å². The van der Waals surface area contributed by atoms with Gasteiger partial charge in [0.1, 0.15) is 27.9 Å². The second-order valence-corrected chi connectivity index (χ2v) is 9.94. The highest BCUT2D eigenvalue weighted by atomic mass is 32.1. The number of rotatable bonds is 4. The third kappa shape index (κ3) is 4.40. The molecule has 1 unspecified atom stereocenters. The molecule has 1 amide bonds. The minimum atomic E-state index is -0.769. The highest BCUT2D eigenvalue weighted by Crippen LogP contribution is 2.27. The average Bonchev–Trinajstić information content (AvgIpc) is 3.63. The predicted molar refractivity (Wildman–Crippen MR) is 151 cm³/mol. The van der Waals surface area contributed by atoms with Crippen LogP contribution in [-0.4, -0.2) is 41.6 Å². The van der Waals surface area contributed by atoms with Crippen molar-refractivity contribution in [2.45, 2.75) is 13.0 Å². The number of nitrogens with zero attached hydrogens (tertiary/aromatic N) is 6. The van der Waals surface area contributed by atoms with Crippen LogP contribution < -0.4 is 21.9 Å². The number of halogens is 1. The summed E-state index contributed by atoms with van der Waals surface area (Å²) >= 11 is 1.26. The van der Waals surface area contributed by atoms with Gasteiger partial charge in [-0.3, -0.25) is 18.8 Å². The Bertz CT molecular complexity index is 1950. The number of hydrogen-bond acceptors (Lipinski definition) is 8. The van der Waals surface area contributed by atoms with Gasteiger partial charge in [-0.25, -0.2) is 14.1 Å². The molecule has 6 rings (SSSR count). The summed E-state index contributed by atoms with van der Waals surface area (Å²) in [5.41, 5.74) is 7.25. The van der Waals surface area contributed by atoms with Crippen LogP contribution >= 0.6 is 11.3 Å². The molecule has 1 aliphatic heterocycles. The number of benzene rings is 1. The van der Waals surface area contributed by atoms with Crippen molar-refractivity contribution >= 4 is 45.3 Å². The van der Waals surface area contributed by atoms with Gasteiger partial charge in [-0.2, -0.15) is 5.10 Å². The van der Waals surface area contributed by atoms with E-state index in [9.17, 15) is 14.0 Å². The van der Waals surface area contributed by atoms with E-state index in [0.717, 1.165) is 0 Å². The summed E-state index contributed by atoms with van der Waals surface area (Å²) in [7, 11) is 1.79. The Morgan fingerprint density at radius 1 is 1.32 bits per heavy atom. The second kappa shape index (κ2) is 9.83. The van der Waals surface area contributed by atoms with Crippen molar-refractivity contribution in [3.05, 3.63) is 86.8 Å². The zero-order valence-electron chi connectivity index (χ0n) is 21.3. The fourth-order valence-electron chi connectivity index (χ4n) is 4.47. The lowest BCUT2D eigenvalue weighted by Crippen LogP contribution is -2.33. The van der Waals surface area contributed by atoms with E-state index in [2.05, 4.69) is 32.7 Å². The first-order chi connectivity index (χ1) is 19.3. The number of nitrogens with one attached hydrogen (secondary N) is 2. The SMILES string of the molecule is CC(NC(=O)c1c(N)nn2c1NCC=C2)c1nc2scc(C#Cc3cnn(C)c3)c2c(=O)n1-c1cccc(F)c1. The van der Waals surface area contributed by atoms with Crippen molar-refractivity contribution in [2.24, 2.45) is 7.05 Å². The smallest absolute Gasteiger partial charge is 0.268 e. The average molecular weight is 556 g/mol. The van der Waals surface area contributed by atoms with E-state index in [0.29, 0.717) is 33.7 Å². The van der Waals surface area contributed by atoms with Crippen molar-refractivity contribution in [1.29, 1.82) is 0 Å². The molecule has 1 aromatic carbocycles. The number of aryl methyl sites for hydroxylation is 1. The van der Waals surface area contributed by atoms with E-state index < -0.39 is 23.3 Å². The van der Waals surface area contributed by atoms with E-state index in [1.54, 1.807) is 48.7 Å². The summed E-state index contributed by atoms with van der Waals surface area (Å²) in [6.07, 6.45) is 6.95. The van der Waals surface area contributed by atoms with Crippen LogP contribution in [0, 0.1) is 17.7 Å².